The largest absolute Gasteiger partial charge is 0.477 e. The number of rotatable bonds is 7. The second-order valence-electron chi connectivity index (χ2n) is 7.06. The molecular weight excluding hydrogens is 448 g/mol. The van der Waals surface area contributed by atoms with Gasteiger partial charge in [0.05, 0.1) is 6.42 Å². The van der Waals surface area contributed by atoms with Gasteiger partial charge in [-0.1, -0.05) is 42.1 Å². The van der Waals surface area contributed by atoms with Crippen LogP contribution in [-0.4, -0.2) is 45.0 Å². The van der Waals surface area contributed by atoms with Crippen molar-refractivity contribution < 1.29 is 19.5 Å². The van der Waals surface area contributed by atoms with Crippen LogP contribution >= 0.6 is 23.5 Å². The van der Waals surface area contributed by atoms with Gasteiger partial charge in [-0.25, -0.2) is 4.79 Å². The molecule has 3 N–H and O–H groups in total. The van der Waals surface area contributed by atoms with E-state index in [4.69, 9.17) is 5.26 Å². The molecule has 0 radical (unpaired) electrons. The van der Waals surface area contributed by atoms with Gasteiger partial charge in [-0.3, -0.25) is 19.8 Å². The predicted molar refractivity (Wildman–Crippen MR) is 121 cm³/mol. The number of aliphatic carboxylic acids is 1. The Morgan fingerprint density at radius 3 is 2.56 bits per heavy atom. The minimum atomic E-state index is -1.18. The van der Waals surface area contributed by atoms with E-state index in [-0.39, 0.29) is 18.0 Å². The number of amides is 2. The number of nitriles is 1. The lowest BCUT2D eigenvalue weighted by molar-refractivity contribution is -0.150. The highest BCUT2D eigenvalue weighted by molar-refractivity contribution is 8.06. The first-order valence-electron chi connectivity index (χ1n) is 9.65. The summed E-state index contributed by atoms with van der Waals surface area (Å²) >= 11 is 2.70. The first-order valence-corrected chi connectivity index (χ1v) is 11.5. The fourth-order valence-electron chi connectivity index (χ4n) is 3.49. The summed E-state index contributed by atoms with van der Waals surface area (Å²) in [5.74, 6) is -1.47. The van der Waals surface area contributed by atoms with Gasteiger partial charge < -0.3 is 10.4 Å². The lowest BCUT2D eigenvalue weighted by atomic mass is 10.0. The number of hydrogen-bond acceptors (Lipinski definition) is 7. The summed E-state index contributed by atoms with van der Waals surface area (Å²) in [5, 5.41) is 23.3. The summed E-state index contributed by atoms with van der Waals surface area (Å²) in [6.45, 7) is 0. The van der Waals surface area contributed by atoms with Crippen LogP contribution in [0.5, 0.6) is 0 Å². The van der Waals surface area contributed by atoms with Crippen LogP contribution in [0.25, 0.3) is 0 Å². The third kappa shape index (κ3) is 4.44. The molecule has 2 aliphatic rings. The van der Waals surface area contributed by atoms with E-state index in [0.29, 0.717) is 16.3 Å². The van der Waals surface area contributed by atoms with Crippen LogP contribution in [0.2, 0.25) is 0 Å². The van der Waals surface area contributed by atoms with Crippen LogP contribution in [0.15, 0.2) is 70.1 Å². The normalized spacial score (nSPS) is 19.5. The van der Waals surface area contributed by atoms with Crippen molar-refractivity contribution in [2.24, 2.45) is 0 Å². The molecule has 0 unspecified atom stereocenters. The van der Waals surface area contributed by atoms with Gasteiger partial charge in [-0.15, -0.1) is 11.8 Å². The maximum atomic E-state index is 12.8. The minimum Gasteiger partial charge on any atom is -0.477 e. The van der Waals surface area contributed by atoms with Crippen LogP contribution < -0.4 is 10.6 Å². The van der Waals surface area contributed by atoms with Gasteiger partial charge in [0.1, 0.15) is 17.1 Å². The first-order chi connectivity index (χ1) is 15.5. The highest BCUT2D eigenvalue weighted by atomic mass is 32.2. The number of nitrogens with zero attached hydrogens (tertiary/aromatic N) is 2. The Hall–Kier alpha value is -3.42. The Labute approximate surface area is 192 Å². The number of hydrogen-bond donors (Lipinski definition) is 3. The summed E-state index contributed by atoms with van der Waals surface area (Å²) < 4.78 is 0. The number of benzene rings is 2. The average molecular weight is 467 g/mol. The summed E-state index contributed by atoms with van der Waals surface area (Å²) in [4.78, 5) is 39.8. The maximum absolute atomic E-state index is 12.8. The molecule has 2 aliphatic heterocycles. The second kappa shape index (κ2) is 9.38. The number of carboxylic acid groups (broad SMARTS) is 1. The topological polar surface area (TPSA) is 123 Å². The number of carbonyl (C=O) groups is 3. The maximum Gasteiger partial charge on any atom is 0.353 e. The monoisotopic (exact) mass is 466 g/mol. The molecule has 0 bridgehead atoms. The molecule has 10 heteroatoms. The van der Waals surface area contributed by atoms with E-state index in [1.54, 1.807) is 24.3 Å². The number of carboxylic acids is 1. The van der Waals surface area contributed by atoms with E-state index >= 15 is 0 Å². The smallest absolute Gasteiger partial charge is 0.353 e. The summed E-state index contributed by atoms with van der Waals surface area (Å²) in [7, 11) is 0. The van der Waals surface area contributed by atoms with Crippen LogP contribution in [0, 0.1) is 11.5 Å². The van der Waals surface area contributed by atoms with Crippen LogP contribution in [-0.2, 0) is 20.8 Å². The molecule has 2 aromatic rings. The summed E-state index contributed by atoms with van der Waals surface area (Å²) in [6.07, 6.45) is 1.99. The Kier molecular flexibility index (Phi) is 6.39. The van der Waals surface area contributed by atoms with Gasteiger partial charge in [0.15, 0.2) is 6.19 Å². The van der Waals surface area contributed by atoms with Crippen molar-refractivity contribution in [2.75, 3.05) is 11.1 Å². The number of fused-ring (bicyclic) bond motifs is 1. The fourth-order valence-corrected chi connectivity index (χ4v) is 5.96. The molecule has 2 heterocycles. The number of nitrogens with one attached hydrogen (secondary N) is 2. The van der Waals surface area contributed by atoms with Crippen LogP contribution in [0.3, 0.4) is 0 Å². The van der Waals surface area contributed by atoms with E-state index in [1.807, 2.05) is 36.5 Å². The lowest BCUT2D eigenvalue weighted by Gasteiger charge is -2.49. The standard InChI is InChI=1S/C22H18N4O4S2/c23-12-24-14-6-8-15(9-7-14)32-16-11-31-21-18(20(28)26(21)19(16)22(29)30)25-17(27)10-13-4-2-1-3-5-13/h1-9,18,21,24H,10-11H2,(H,25,27)(H,29,30)/t18-,21+/m1/s1. The van der Waals surface area contributed by atoms with Gasteiger partial charge in [-0.2, -0.15) is 5.26 Å². The third-order valence-corrected chi connectivity index (χ3v) is 7.51. The van der Waals surface area contributed by atoms with E-state index in [0.717, 1.165) is 10.5 Å². The zero-order valence-corrected chi connectivity index (χ0v) is 18.3. The molecule has 4 rings (SSSR count). The minimum absolute atomic E-state index is 0.0449. The summed E-state index contributed by atoms with van der Waals surface area (Å²) in [6, 6.07) is 15.5. The zero-order valence-electron chi connectivity index (χ0n) is 16.6. The molecule has 8 nitrogen and oxygen atoms in total. The van der Waals surface area contributed by atoms with Gasteiger partial charge in [0.2, 0.25) is 5.91 Å². The number of thioether (sulfide) groups is 2. The first kappa shape index (κ1) is 21.8. The van der Waals surface area contributed by atoms with E-state index in [1.165, 1.54) is 28.4 Å². The Balaban J connectivity index is 1.46. The third-order valence-electron chi connectivity index (χ3n) is 4.96. The predicted octanol–water partition coefficient (Wildman–Crippen LogP) is 2.61. The van der Waals surface area contributed by atoms with E-state index in [9.17, 15) is 19.5 Å². The van der Waals surface area contributed by atoms with Crippen molar-refractivity contribution in [3.05, 3.63) is 70.8 Å². The SMILES string of the molecule is N#CNc1ccc(SC2=C(C(=O)O)N3C(=O)[C@@H](NC(=O)Cc4ccccc4)[C@@H]3SC2)cc1. The average Bonchev–Trinajstić information content (AvgIpc) is 2.79. The molecule has 0 spiro atoms. The molecule has 162 valence electrons. The molecular formula is C22H18N4O4S2. The van der Waals surface area contributed by atoms with Crippen molar-refractivity contribution in [3.63, 3.8) is 0 Å². The van der Waals surface area contributed by atoms with Crippen molar-refractivity contribution in [1.82, 2.24) is 10.2 Å². The molecule has 2 amide bonds. The van der Waals surface area contributed by atoms with Crippen LogP contribution in [0.4, 0.5) is 5.69 Å². The van der Waals surface area contributed by atoms with Crippen LogP contribution in [0.1, 0.15) is 5.56 Å². The van der Waals surface area contributed by atoms with E-state index < -0.39 is 23.3 Å². The number of β-lactam (4-membered cyclic amide) rings is 1. The highest BCUT2D eigenvalue weighted by Crippen LogP contribution is 2.45. The van der Waals surface area contributed by atoms with Gasteiger partial charge in [0.25, 0.3) is 5.91 Å². The van der Waals surface area contributed by atoms with Gasteiger partial charge >= 0.3 is 5.97 Å². The van der Waals surface area contributed by atoms with Crippen molar-refractivity contribution >= 4 is 47.0 Å². The second-order valence-corrected chi connectivity index (χ2v) is 9.33. The quantitative estimate of drug-likeness (QED) is 0.323. The zero-order chi connectivity index (χ0) is 22.7. The molecule has 0 aliphatic carbocycles. The van der Waals surface area contributed by atoms with Crippen molar-refractivity contribution in [2.45, 2.75) is 22.7 Å². The molecule has 0 aromatic heterocycles. The molecule has 2 atom stereocenters. The molecule has 1 fully saturated rings. The summed E-state index contributed by atoms with van der Waals surface area (Å²) in [5.41, 5.74) is 1.43. The Morgan fingerprint density at radius 1 is 1.19 bits per heavy atom. The Bertz CT molecular complexity index is 1130. The molecule has 2 aromatic carbocycles. The molecule has 0 saturated carbocycles. The lowest BCUT2D eigenvalue weighted by Crippen LogP contribution is -2.70. The molecule has 32 heavy (non-hydrogen) atoms. The van der Waals surface area contributed by atoms with E-state index in [2.05, 4.69) is 10.6 Å². The highest BCUT2D eigenvalue weighted by Gasteiger charge is 2.54. The van der Waals surface area contributed by atoms with Gasteiger partial charge in [-0.05, 0) is 29.8 Å². The molecule has 1 saturated heterocycles. The van der Waals surface area contributed by atoms with Crippen molar-refractivity contribution in [3.8, 4) is 6.19 Å². The fraction of sp³-hybridized carbons (Fsp3) is 0.182. The number of anilines is 1. The Morgan fingerprint density at radius 2 is 1.91 bits per heavy atom. The van der Waals surface area contributed by atoms with Gasteiger partial charge in [0, 0.05) is 21.2 Å². The number of carbonyl (C=O) groups excluding carboxylic acids is 2. The van der Waals surface area contributed by atoms with Crippen molar-refractivity contribution in [1.29, 1.82) is 5.26 Å².